The average Bonchev–Trinajstić information content (AvgIpc) is 3.05. The minimum absolute atomic E-state index is 0.00146. The van der Waals surface area contributed by atoms with Gasteiger partial charge in [-0.2, -0.15) is 0 Å². The summed E-state index contributed by atoms with van der Waals surface area (Å²) in [5.74, 6) is -0.833. The van der Waals surface area contributed by atoms with E-state index in [2.05, 4.69) is 62.5 Å². The molecule has 0 amide bonds. The Balaban J connectivity index is 4.21. The maximum absolute atomic E-state index is 12.6. The number of hydrogen-bond donors (Lipinski definition) is 1. The molecule has 0 radical (unpaired) electrons. The monoisotopic (exact) mass is 655 g/mol. The van der Waals surface area contributed by atoms with Crippen molar-refractivity contribution in [2.75, 3.05) is 0 Å². The number of allylic oxidation sites excluding steroid dienone is 9. The first-order valence-corrected chi connectivity index (χ1v) is 19.8. The SMILES string of the molecule is CC/C=C\C/C=C\C/C=C\C/C=C\C/C=C\CC(=O)OC(CCCCCCCCCCCCCCCC)CCCCCCCC(=O)O. The Hall–Kier alpha value is -2.36. The largest absolute Gasteiger partial charge is 0.481 e. The molecular weight excluding hydrogens is 580 g/mol. The molecule has 0 rings (SSSR count). The van der Waals surface area contributed by atoms with E-state index < -0.39 is 5.97 Å². The van der Waals surface area contributed by atoms with Crippen LogP contribution in [0.1, 0.15) is 194 Å². The highest BCUT2D eigenvalue weighted by Gasteiger charge is 2.13. The van der Waals surface area contributed by atoms with Gasteiger partial charge in [0.25, 0.3) is 0 Å². The van der Waals surface area contributed by atoms with Crippen LogP contribution < -0.4 is 0 Å². The molecule has 47 heavy (non-hydrogen) atoms. The molecule has 0 aromatic heterocycles. The Labute approximate surface area is 291 Å². The van der Waals surface area contributed by atoms with Gasteiger partial charge >= 0.3 is 11.9 Å². The normalized spacial score (nSPS) is 12.9. The van der Waals surface area contributed by atoms with E-state index in [-0.39, 0.29) is 18.5 Å². The number of unbranched alkanes of at least 4 members (excludes halogenated alkanes) is 17. The van der Waals surface area contributed by atoms with Gasteiger partial charge in [0.15, 0.2) is 0 Å². The van der Waals surface area contributed by atoms with Crippen LogP contribution in [0.25, 0.3) is 0 Å². The lowest BCUT2D eigenvalue weighted by molar-refractivity contribution is -0.148. The lowest BCUT2D eigenvalue weighted by Crippen LogP contribution is -2.18. The molecule has 1 unspecified atom stereocenters. The number of esters is 1. The van der Waals surface area contributed by atoms with Gasteiger partial charge in [-0.05, 0) is 64.2 Å². The molecule has 0 bridgehead atoms. The van der Waals surface area contributed by atoms with Crippen LogP contribution in [0, 0.1) is 0 Å². The van der Waals surface area contributed by atoms with Crippen molar-refractivity contribution in [1.82, 2.24) is 0 Å². The van der Waals surface area contributed by atoms with Gasteiger partial charge in [-0.25, -0.2) is 0 Å². The van der Waals surface area contributed by atoms with Crippen molar-refractivity contribution >= 4 is 11.9 Å². The number of carboxylic acid groups (broad SMARTS) is 1. The standard InChI is InChI=1S/C43H74O4/c1-3-5-7-9-11-13-15-17-19-21-23-25-27-32-36-40-43(46)47-41(38-34-30-28-31-35-39-42(44)45)37-33-29-26-24-22-20-18-16-14-12-10-8-6-4-2/h5,7,11,13,17,19,23,25,32,36,41H,3-4,6,8-10,12,14-16,18,20-22,24,26-31,33-35,37-40H2,1-2H3,(H,44,45)/b7-5-,13-11-,19-17-,25-23-,36-32-. The summed E-state index contributed by atoms with van der Waals surface area (Å²) in [6, 6.07) is 0. The fourth-order valence-electron chi connectivity index (χ4n) is 5.67. The molecule has 4 nitrogen and oxygen atoms in total. The molecule has 0 aliphatic carbocycles. The van der Waals surface area contributed by atoms with Gasteiger partial charge in [0.05, 0.1) is 6.42 Å². The Morgan fingerprint density at radius 2 is 0.851 bits per heavy atom. The first-order valence-electron chi connectivity index (χ1n) is 19.8. The van der Waals surface area contributed by atoms with Crippen LogP contribution in [0.2, 0.25) is 0 Å². The van der Waals surface area contributed by atoms with E-state index in [1.54, 1.807) is 0 Å². The minimum atomic E-state index is -0.711. The number of ether oxygens (including phenoxy) is 1. The predicted molar refractivity (Wildman–Crippen MR) is 204 cm³/mol. The first kappa shape index (κ1) is 44.6. The topological polar surface area (TPSA) is 63.6 Å². The van der Waals surface area contributed by atoms with E-state index in [0.29, 0.717) is 6.42 Å². The van der Waals surface area contributed by atoms with Gasteiger partial charge in [0.1, 0.15) is 6.10 Å². The summed E-state index contributed by atoms with van der Waals surface area (Å²) < 4.78 is 5.94. The molecule has 0 saturated heterocycles. The van der Waals surface area contributed by atoms with Crippen molar-refractivity contribution in [3.8, 4) is 0 Å². The van der Waals surface area contributed by atoms with Crippen LogP contribution in [0.5, 0.6) is 0 Å². The smallest absolute Gasteiger partial charge is 0.309 e. The van der Waals surface area contributed by atoms with Crippen molar-refractivity contribution in [1.29, 1.82) is 0 Å². The van der Waals surface area contributed by atoms with Crippen molar-refractivity contribution in [3.63, 3.8) is 0 Å². The second-order valence-corrected chi connectivity index (χ2v) is 13.1. The molecule has 1 atom stereocenters. The van der Waals surface area contributed by atoms with E-state index in [1.807, 2.05) is 12.2 Å². The Bertz CT molecular complexity index is 835. The number of carbonyl (C=O) groups is 2. The Kier molecular flexibility index (Phi) is 36.2. The van der Waals surface area contributed by atoms with Gasteiger partial charge in [0, 0.05) is 6.42 Å². The molecule has 0 aromatic rings. The number of rotatable bonds is 35. The molecule has 0 fully saturated rings. The van der Waals surface area contributed by atoms with E-state index in [1.165, 1.54) is 83.5 Å². The highest BCUT2D eigenvalue weighted by atomic mass is 16.5. The van der Waals surface area contributed by atoms with Gasteiger partial charge in [-0.1, -0.05) is 177 Å². The molecule has 0 aliphatic rings. The summed E-state index contributed by atoms with van der Waals surface area (Å²) >= 11 is 0. The van der Waals surface area contributed by atoms with Crippen LogP contribution in [0.3, 0.4) is 0 Å². The number of aliphatic carboxylic acids is 1. The second-order valence-electron chi connectivity index (χ2n) is 13.1. The third-order valence-electron chi connectivity index (χ3n) is 8.54. The third-order valence-corrected chi connectivity index (χ3v) is 8.54. The quantitative estimate of drug-likeness (QED) is 0.0419. The highest BCUT2D eigenvalue weighted by molar-refractivity contribution is 5.71. The number of hydrogen-bond acceptors (Lipinski definition) is 3. The van der Waals surface area contributed by atoms with E-state index in [4.69, 9.17) is 9.84 Å². The highest BCUT2D eigenvalue weighted by Crippen LogP contribution is 2.18. The summed E-state index contributed by atoms with van der Waals surface area (Å²) in [5.41, 5.74) is 0. The molecule has 0 aliphatic heterocycles. The van der Waals surface area contributed by atoms with Gasteiger partial charge in [-0.15, -0.1) is 0 Å². The molecule has 0 saturated carbocycles. The maximum atomic E-state index is 12.6. The van der Waals surface area contributed by atoms with Gasteiger partial charge < -0.3 is 9.84 Å². The zero-order valence-electron chi connectivity index (χ0n) is 30.8. The lowest BCUT2D eigenvalue weighted by atomic mass is 10.0. The average molecular weight is 655 g/mol. The number of carbonyl (C=O) groups excluding carboxylic acids is 1. The van der Waals surface area contributed by atoms with E-state index in [9.17, 15) is 9.59 Å². The van der Waals surface area contributed by atoms with Crippen LogP contribution in [-0.2, 0) is 14.3 Å². The Morgan fingerprint density at radius 3 is 1.26 bits per heavy atom. The minimum Gasteiger partial charge on any atom is -0.481 e. The molecule has 0 aromatic carbocycles. The summed E-state index contributed by atoms with van der Waals surface area (Å²) in [6.07, 6.45) is 52.5. The molecule has 270 valence electrons. The van der Waals surface area contributed by atoms with Crippen molar-refractivity contribution in [3.05, 3.63) is 60.8 Å². The van der Waals surface area contributed by atoms with Crippen LogP contribution in [0.15, 0.2) is 60.8 Å². The van der Waals surface area contributed by atoms with Crippen LogP contribution >= 0.6 is 0 Å². The molecule has 4 heteroatoms. The lowest BCUT2D eigenvalue weighted by Gasteiger charge is -2.18. The summed E-state index contributed by atoms with van der Waals surface area (Å²) in [7, 11) is 0. The Morgan fingerprint density at radius 1 is 0.489 bits per heavy atom. The second kappa shape index (κ2) is 38.1. The van der Waals surface area contributed by atoms with Crippen molar-refractivity contribution in [2.24, 2.45) is 0 Å². The summed E-state index contributed by atoms with van der Waals surface area (Å²) in [6.45, 7) is 4.43. The summed E-state index contributed by atoms with van der Waals surface area (Å²) in [5, 5.41) is 8.82. The third kappa shape index (κ3) is 38.0. The molecule has 0 spiro atoms. The first-order chi connectivity index (χ1) is 23.1. The molecule has 0 heterocycles. The number of carboxylic acids is 1. The summed E-state index contributed by atoms with van der Waals surface area (Å²) in [4.78, 5) is 23.3. The molecular formula is C43H74O4. The van der Waals surface area contributed by atoms with Crippen LogP contribution in [-0.4, -0.2) is 23.1 Å². The van der Waals surface area contributed by atoms with Gasteiger partial charge in [0.2, 0.25) is 0 Å². The maximum Gasteiger partial charge on any atom is 0.309 e. The van der Waals surface area contributed by atoms with Crippen LogP contribution in [0.4, 0.5) is 0 Å². The van der Waals surface area contributed by atoms with E-state index in [0.717, 1.165) is 83.5 Å². The van der Waals surface area contributed by atoms with E-state index >= 15 is 0 Å². The fraction of sp³-hybridized carbons (Fsp3) is 0.721. The van der Waals surface area contributed by atoms with Crippen molar-refractivity contribution < 1.29 is 19.4 Å². The van der Waals surface area contributed by atoms with Gasteiger partial charge in [-0.3, -0.25) is 9.59 Å². The van der Waals surface area contributed by atoms with Crippen molar-refractivity contribution in [2.45, 2.75) is 200 Å². The predicted octanol–water partition coefficient (Wildman–Crippen LogP) is 13.7. The zero-order valence-corrected chi connectivity index (χ0v) is 30.8. The fourth-order valence-corrected chi connectivity index (χ4v) is 5.67. The zero-order chi connectivity index (χ0) is 34.3. The molecule has 1 N–H and O–H groups in total.